The van der Waals surface area contributed by atoms with Gasteiger partial charge < -0.3 is 14.2 Å². The molecule has 0 aromatic heterocycles. The van der Waals surface area contributed by atoms with Crippen LogP contribution in [-0.4, -0.2) is 37.2 Å². The van der Waals surface area contributed by atoms with Gasteiger partial charge in [0.15, 0.2) is 6.10 Å². The minimum Gasteiger partial charge on any atom is -0.462 e. The Morgan fingerprint density at radius 2 is 0.656 bits per heavy atom. The zero-order valence-corrected chi connectivity index (χ0v) is 39.7. The van der Waals surface area contributed by atoms with Gasteiger partial charge in [0.1, 0.15) is 13.2 Å². The molecule has 61 heavy (non-hydrogen) atoms. The largest absolute Gasteiger partial charge is 0.462 e. The molecular formula is C55H92O6. The van der Waals surface area contributed by atoms with Gasteiger partial charge in [-0.2, -0.15) is 0 Å². The third-order valence-electron chi connectivity index (χ3n) is 10.5. The zero-order valence-electron chi connectivity index (χ0n) is 39.7. The van der Waals surface area contributed by atoms with E-state index >= 15 is 0 Å². The van der Waals surface area contributed by atoms with Crippen molar-refractivity contribution in [2.45, 2.75) is 232 Å². The fourth-order valence-electron chi connectivity index (χ4n) is 6.76. The maximum Gasteiger partial charge on any atom is 0.306 e. The van der Waals surface area contributed by atoms with Gasteiger partial charge in [0, 0.05) is 19.3 Å². The number of unbranched alkanes of at least 4 members (excludes halogenated alkanes) is 24. The van der Waals surface area contributed by atoms with Crippen molar-refractivity contribution in [3.05, 3.63) is 85.1 Å². The van der Waals surface area contributed by atoms with Crippen LogP contribution in [0.5, 0.6) is 0 Å². The van der Waals surface area contributed by atoms with Crippen LogP contribution in [0, 0.1) is 0 Å². The van der Waals surface area contributed by atoms with Crippen molar-refractivity contribution in [3.63, 3.8) is 0 Å². The molecule has 1 atom stereocenters. The summed E-state index contributed by atoms with van der Waals surface area (Å²) in [4.78, 5) is 37.9. The molecule has 0 fully saturated rings. The van der Waals surface area contributed by atoms with Gasteiger partial charge in [-0.15, -0.1) is 0 Å². The average molecular weight is 849 g/mol. The van der Waals surface area contributed by atoms with E-state index in [0.29, 0.717) is 19.3 Å². The number of esters is 3. The van der Waals surface area contributed by atoms with Gasteiger partial charge in [-0.05, 0) is 64.2 Å². The Labute approximate surface area is 375 Å². The first kappa shape index (κ1) is 57.6. The van der Waals surface area contributed by atoms with Crippen molar-refractivity contribution in [1.29, 1.82) is 0 Å². The Bertz CT molecular complexity index is 1200. The van der Waals surface area contributed by atoms with Crippen molar-refractivity contribution in [2.24, 2.45) is 0 Å². The minimum absolute atomic E-state index is 0.0945. The summed E-state index contributed by atoms with van der Waals surface area (Å²) in [6, 6.07) is 0. The molecule has 0 aliphatic heterocycles. The maximum absolute atomic E-state index is 12.8. The van der Waals surface area contributed by atoms with Crippen LogP contribution >= 0.6 is 0 Å². The molecule has 348 valence electrons. The van der Waals surface area contributed by atoms with Crippen molar-refractivity contribution in [1.82, 2.24) is 0 Å². The smallest absolute Gasteiger partial charge is 0.306 e. The summed E-state index contributed by atoms with van der Waals surface area (Å²) in [7, 11) is 0. The molecule has 0 amide bonds. The first-order chi connectivity index (χ1) is 30.0. The summed E-state index contributed by atoms with van der Waals surface area (Å²) in [6.07, 6.45) is 62.7. The lowest BCUT2D eigenvalue weighted by Crippen LogP contribution is -2.30. The van der Waals surface area contributed by atoms with Gasteiger partial charge in [-0.1, -0.05) is 228 Å². The standard InChI is InChI=1S/C55H92O6/c1-4-7-10-13-16-19-22-25-27-28-29-31-33-36-39-42-45-48-54(57)60-51-52(50-59-53(56)47-44-41-38-35-32-24-21-18-15-12-9-6-3)61-55(58)49-46-43-40-37-34-30-26-23-20-17-14-11-8-5-2/h7,10,13,16,18-19,21-22,25,27-29,31,33,52H,4-6,8-9,11-12,14-15,17,20,23-24,26,30,32,34-51H2,1-3H3/b10-7-,16-13-,21-18-,22-19-,27-25-,29-28+,33-31-. The SMILES string of the molecule is CC\C=C/C=C\C=C/C=C\C=C\C=C/CCCCCC(=O)OCC(COC(=O)CCCCCCC/C=C\CCCCC)OC(=O)CCCCCCCCCCCCCCCC. The summed E-state index contributed by atoms with van der Waals surface area (Å²) >= 11 is 0. The van der Waals surface area contributed by atoms with Crippen LogP contribution in [0.15, 0.2) is 85.1 Å². The number of carbonyl (C=O) groups excluding carboxylic acids is 3. The van der Waals surface area contributed by atoms with Crippen LogP contribution in [0.3, 0.4) is 0 Å². The molecule has 0 aliphatic carbocycles. The highest BCUT2D eigenvalue weighted by Gasteiger charge is 2.19. The predicted molar refractivity (Wildman–Crippen MR) is 261 cm³/mol. The molecule has 0 aliphatic rings. The van der Waals surface area contributed by atoms with Crippen molar-refractivity contribution >= 4 is 17.9 Å². The lowest BCUT2D eigenvalue weighted by molar-refractivity contribution is -0.167. The molecule has 0 spiro atoms. The first-order valence-corrected chi connectivity index (χ1v) is 25.2. The number of carbonyl (C=O) groups is 3. The molecule has 0 aromatic rings. The molecule has 6 nitrogen and oxygen atoms in total. The van der Waals surface area contributed by atoms with E-state index in [1.807, 2.05) is 60.8 Å². The van der Waals surface area contributed by atoms with E-state index < -0.39 is 6.10 Å². The predicted octanol–water partition coefficient (Wildman–Crippen LogP) is 16.4. The molecule has 0 rings (SSSR count). The van der Waals surface area contributed by atoms with Crippen molar-refractivity contribution < 1.29 is 28.6 Å². The Hall–Kier alpha value is -3.41. The number of hydrogen-bond donors (Lipinski definition) is 0. The molecule has 0 N–H and O–H groups in total. The molecule has 0 saturated heterocycles. The molecule has 6 heteroatoms. The van der Waals surface area contributed by atoms with Crippen molar-refractivity contribution in [3.8, 4) is 0 Å². The van der Waals surface area contributed by atoms with Crippen LogP contribution in [0.2, 0.25) is 0 Å². The van der Waals surface area contributed by atoms with E-state index in [4.69, 9.17) is 14.2 Å². The summed E-state index contributed by atoms with van der Waals surface area (Å²) in [5, 5.41) is 0. The van der Waals surface area contributed by atoms with Crippen molar-refractivity contribution in [2.75, 3.05) is 13.2 Å². The number of allylic oxidation sites excluding steroid dienone is 14. The Morgan fingerprint density at radius 1 is 0.344 bits per heavy atom. The third-order valence-corrected chi connectivity index (χ3v) is 10.5. The fourth-order valence-corrected chi connectivity index (χ4v) is 6.76. The highest BCUT2D eigenvalue weighted by atomic mass is 16.6. The molecule has 0 heterocycles. The third kappa shape index (κ3) is 47.5. The molecule has 1 unspecified atom stereocenters. The average Bonchev–Trinajstić information content (AvgIpc) is 3.26. The second-order valence-electron chi connectivity index (χ2n) is 16.5. The topological polar surface area (TPSA) is 78.9 Å². The summed E-state index contributed by atoms with van der Waals surface area (Å²) in [6.45, 7) is 6.42. The van der Waals surface area contributed by atoms with Crippen LogP contribution in [0.25, 0.3) is 0 Å². The number of rotatable bonds is 44. The van der Waals surface area contributed by atoms with E-state index in [0.717, 1.165) is 77.0 Å². The van der Waals surface area contributed by atoms with Gasteiger partial charge >= 0.3 is 17.9 Å². The van der Waals surface area contributed by atoms with Gasteiger partial charge in [0.25, 0.3) is 0 Å². The molecular weight excluding hydrogens is 757 g/mol. The summed E-state index contributed by atoms with van der Waals surface area (Å²) < 4.78 is 16.7. The number of hydrogen-bond acceptors (Lipinski definition) is 6. The van der Waals surface area contributed by atoms with Crippen LogP contribution in [0.4, 0.5) is 0 Å². The van der Waals surface area contributed by atoms with Gasteiger partial charge in [-0.3, -0.25) is 14.4 Å². The summed E-state index contributed by atoms with van der Waals surface area (Å²) in [5.41, 5.74) is 0. The van der Waals surface area contributed by atoms with Gasteiger partial charge in [-0.25, -0.2) is 0 Å². The van der Waals surface area contributed by atoms with E-state index in [-0.39, 0.29) is 31.1 Å². The molecule has 0 aromatic carbocycles. The summed E-state index contributed by atoms with van der Waals surface area (Å²) in [5.74, 6) is -0.948. The van der Waals surface area contributed by atoms with Crippen LogP contribution in [-0.2, 0) is 28.6 Å². The lowest BCUT2D eigenvalue weighted by Gasteiger charge is -2.18. The molecule has 0 saturated carbocycles. The Balaban J connectivity index is 4.48. The lowest BCUT2D eigenvalue weighted by atomic mass is 10.0. The Morgan fingerprint density at radius 3 is 1.10 bits per heavy atom. The van der Waals surface area contributed by atoms with Crippen LogP contribution in [0.1, 0.15) is 226 Å². The van der Waals surface area contributed by atoms with E-state index in [9.17, 15) is 14.4 Å². The second kappa shape index (κ2) is 49.2. The second-order valence-corrected chi connectivity index (χ2v) is 16.5. The van der Waals surface area contributed by atoms with Crippen LogP contribution < -0.4 is 0 Å². The fraction of sp³-hybridized carbons (Fsp3) is 0.691. The maximum atomic E-state index is 12.8. The highest BCUT2D eigenvalue weighted by Crippen LogP contribution is 2.15. The minimum atomic E-state index is -0.795. The van der Waals surface area contributed by atoms with Gasteiger partial charge in [0.05, 0.1) is 0 Å². The van der Waals surface area contributed by atoms with Gasteiger partial charge in [0.2, 0.25) is 0 Å². The monoisotopic (exact) mass is 849 g/mol. The van der Waals surface area contributed by atoms with E-state index in [2.05, 4.69) is 45.1 Å². The van der Waals surface area contributed by atoms with E-state index in [1.165, 1.54) is 109 Å². The zero-order chi connectivity index (χ0) is 44.4. The first-order valence-electron chi connectivity index (χ1n) is 25.2. The molecule has 0 radical (unpaired) electrons. The molecule has 0 bridgehead atoms. The Kier molecular flexibility index (Phi) is 46.5. The normalized spacial score (nSPS) is 12.8. The highest BCUT2D eigenvalue weighted by molar-refractivity contribution is 5.71. The van der Waals surface area contributed by atoms with E-state index in [1.54, 1.807) is 0 Å². The quantitative estimate of drug-likeness (QED) is 0.0200. The number of ether oxygens (including phenoxy) is 3.